The van der Waals surface area contributed by atoms with Crippen molar-refractivity contribution in [2.24, 2.45) is 11.7 Å². The summed E-state index contributed by atoms with van der Waals surface area (Å²) >= 11 is 0. The van der Waals surface area contributed by atoms with Gasteiger partial charge in [0.25, 0.3) is 0 Å². The molecule has 0 aliphatic heterocycles. The van der Waals surface area contributed by atoms with Crippen molar-refractivity contribution in [2.75, 3.05) is 7.05 Å². The molecule has 0 aromatic carbocycles. The predicted octanol–water partition coefficient (Wildman–Crippen LogP) is 2.41. The SMILES string of the molecule is CC1CCC(F)(F)CC1.CN. The molecule has 0 bridgehead atoms. The second kappa shape index (κ2) is 4.65. The van der Waals surface area contributed by atoms with E-state index in [0.717, 1.165) is 0 Å². The highest BCUT2D eigenvalue weighted by atomic mass is 19.3. The second-order valence-corrected chi connectivity index (χ2v) is 3.04. The number of hydrogen-bond donors (Lipinski definition) is 1. The fourth-order valence-electron chi connectivity index (χ4n) is 1.18. The number of alkyl halides is 2. The maximum Gasteiger partial charge on any atom is 0.248 e. The molecule has 1 rings (SSSR count). The standard InChI is InChI=1S/C7H12F2.CH5N/c1-6-2-4-7(8,9)5-3-6;1-2/h6H,2-5H2,1H3;2H2,1H3. The smallest absolute Gasteiger partial charge is 0.248 e. The van der Waals surface area contributed by atoms with Gasteiger partial charge in [0.05, 0.1) is 0 Å². The lowest BCUT2D eigenvalue weighted by molar-refractivity contribution is -0.0438. The minimum Gasteiger partial charge on any atom is -0.333 e. The van der Waals surface area contributed by atoms with Gasteiger partial charge in [0.15, 0.2) is 0 Å². The highest BCUT2D eigenvalue weighted by Gasteiger charge is 2.32. The van der Waals surface area contributed by atoms with Gasteiger partial charge in [-0.25, -0.2) is 8.78 Å². The van der Waals surface area contributed by atoms with Crippen LogP contribution in [-0.2, 0) is 0 Å². The van der Waals surface area contributed by atoms with Crippen LogP contribution in [0, 0.1) is 5.92 Å². The number of hydrogen-bond acceptors (Lipinski definition) is 1. The molecule has 1 aliphatic carbocycles. The van der Waals surface area contributed by atoms with Crippen LogP contribution in [0.1, 0.15) is 32.6 Å². The minimum absolute atomic E-state index is 0.105. The molecular weight excluding hydrogens is 148 g/mol. The summed E-state index contributed by atoms with van der Waals surface area (Å²) in [6.45, 7) is 2.04. The Morgan fingerprint density at radius 2 is 1.55 bits per heavy atom. The minimum atomic E-state index is -2.34. The van der Waals surface area contributed by atoms with Crippen LogP contribution in [0.25, 0.3) is 0 Å². The first-order valence-electron chi connectivity index (χ1n) is 4.06. The molecule has 0 radical (unpaired) electrons. The molecule has 68 valence electrons. The van der Waals surface area contributed by atoms with Gasteiger partial charge < -0.3 is 5.73 Å². The lowest BCUT2D eigenvalue weighted by atomic mass is 9.88. The summed E-state index contributed by atoms with van der Waals surface area (Å²) in [6.07, 6.45) is 1.61. The zero-order chi connectivity index (χ0) is 8.91. The zero-order valence-corrected chi connectivity index (χ0v) is 7.24. The van der Waals surface area contributed by atoms with E-state index in [0.29, 0.717) is 18.8 Å². The van der Waals surface area contributed by atoms with Crippen LogP contribution in [0.2, 0.25) is 0 Å². The van der Waals surface area contributed by atoms with Crippen molar-refractivity contribution < 1.29 is 8.78 Å². The van der Waals surface area contributed by atoms with E-state index in [-0.39, 0.29) is 12.8 Å². The molecule has 0 aromatic rings. The van der Waals surface area contributed by atoms with Crippen LogP contribution < -0.4 is 5.73 Å². The molecule has 1 saturated carbocycles. The van der Waals surface area contributed by atoms with E-state index in [9.17, 15) is 8.78 Å². The van der Waals surface area contributed by atoms with Crippen LogP contribution in [0.5, 0.6) is 0 Å². The molecule has 0 saturated heterocycles. The number of nitrogens with two attached hydrogens (primary N) is 1. The Morgan fingerprint density at radius 1 is 1.18 bits per heavy atom. The lowest BCUT2D eigenvalue weighted by Gasteiger charge is -2.25. The molecule has 3 heteroatoms. The summed E-state index contributed by atoms with van der Waals surface area (Å²) < 4.78 is 24.8. The van der Waals surface area contributed by atoms with Gasteiger partial charge in [0.1, 0.15) is 0 Å². The van der Waals surface area contributed by atoms with Gasteiger partial charge in [-0.3, -0.25) is 0 Å². The fraction of sp³-hybridized carbons (Fsp3) is 1.00. The Bertz CT molecular complexity index is 94.3. The predicted molar refractivity (Wildman–Crippen MR) is 42.7 cm³/mol. The summed E-state index contributed by atoms with van der Waals surface area (Å²) in [7, 11) is 1.50. The van der Waals surface area contributed by atoms with E-state index in [4.69, 9.17) is 0 Å². The van der Waals surface area contributed by atoms with Crippen molar-refractivity contribution in [3.05, 3.63) is 0 Å². The van der Waals surface area contributed by atoms with Gasteiger partial charge in [0, 0.05) is 12.8 Å². The van der Waals surface area contributed by atoms with Crippen molar-refractivity contribution in [2.45, 2.75) is 38.5 Å². The largest absolute Gasteiger partial charge is 0.333 e. The van der Waals surface area contributed by atoms with Crippen molar-refractivity contribution in [3.63, 3.8) is 0 Å². The van der Waals surface area contributed by atoms with Gasteiger partial charge in [-0.1, -0.05) is 6.92 Å². The maximum absolute atomic E-state index is 12.4. The highest BCUT2D eigenvalue weighted by molar-refractivity contribution is 4.74. The van der Waals surface area contributed by atoms with Crippen LogP contribution in [-0.4, -0.2) is 13.0 Å². The molecule has 0 spiro atoms. The number of halogens is 2. The topological polar surface area (TPSA) is 26.0 Å². The Morgan fingerprint density at radius 3 is 1.82 bits per heavy atom. The normalized spacial score (nSPS) is 23.7. The monoisotopic (exact) mass is 165 g/mol. The summed E-state index contributed by atoms with van der Waals surface area (Å²) in [5.41, 5.74) is 4.50. The third kappa shape index (κ3) is 4.30. The van der Waals surface area contributed by atoms with E-state index >= 15 is 0 Å². The lowest BCUT2D eigenvalue weighted by Crippen LogP contribution is -2.23. The average molecular weight is 165 g/mol. The summed E-state index contributed by atoms with van der Waals surface area (Å²) in [5, 5.41) is 0. The average Bonchev–Trinajstić information content (AvgIpc) is 2.00. The molecule has 11 heavy (non-hydrogen) atoms. The molecule has 0 unspecified atom stereocenters. The molecule has 1 fully saturated rings. The van der Waals surface area contributed by atoms with Gasteiger partial charge in [0.2, 0.25) is 5.92 Å². The number of rotatable bonds is 0. The Labute approximate surface area is 67.0 Å². The summed E-state index contributed by atoms with van der Waals surface area (Å²) in [6, 6.07) is 0. The van der Waals surface area contributed by atoms with E-state index in [1.165, 1.54) is 7.05 Å². The van der Waals surface area contributed by atoms with Crippen molar-refractivity contribution in [1.82, 2.24) is 0 Å². The van der Waals surface area contributed by atoms with Gasteiger partial charge in [-0.2, -0.15) is 0 Å². The van der Waals surface area contributed by atoms with Gasteiger partial charge in [-0.15, -0.1) is 0 Å². The Balaban J connectivity index is 0.000000461. The molecule has 1 nitrogen and oxygen atoms in total. The zero-order valence-electron chi connectivity index (χ0n) is 7.24. The molecule has 1 aliphatic rings. The van der Waals surface area contributed by atoms with E-state index in [1.54, 1.807) is 0 Å². The molecular formula is C8H17F2N. The molecule has 0 atom stereocenters. The maximum atomic E-state index is 12.4. The second-order valence-electron chi connectivity index (χ2n) is 3.04. The van der Waals surface area contributed by atoms with Crippen LogP contribution >= 0.6 is 0 Å². The first kappa shape index (κ1) is 10.8. The molecule has 2 N–H and O–H groups in total. The van der Waals surface area contributed by atoms with Crippen molar-refractivity contribution in [1.29, 1.82) is 0 Å². The van der Waals surface area contributed by atoms with Gasteiger partial charge >= 0.3 is 0 Å². The van der Waals surface area contributed by atoms with Crippen LogP contribution in [0.15, 0.2) is 0 Å². The summed E-state index contributed by atoms with van der Waals surface area (Å²) in [5.74, 6) is -1.82. The molecule has 0 heterocycles. The van der Waals surface area contributed by atoms with Crippen LogP contribution in [0.3, 0.4) is 0 Å². The van der Waals surface area contributed by atoms with E-state index in [2.05, 4.69) is 5.73 Å². The van der Waals surface area contributed by atoms with Crippen LogP contribution in [0.4, 0.5) is 8.78 Å². The quantitative estimate of drug-likeness (QED) is 0.586. The Hall–Kier alpha value is -0.180. The Kier molecular flexibility index (Phi) is 4.57. The van der Waals surface area contributed by atoms with Crippen molar-refractivity contribution >= 4 is 0 Å². The van der Waals surface area contributed by atoms with Gasteiger partial charge in [-0.05, 0) is 25.8 Å². The summed E-state index contributed by atoms with van der Waals surface area (Å²) in [4.78, 5) is 0. The third-order valence-electron chi connectivity index (χ3n) is 2.01. The first-order valence-corrected chi connectivity index (χ1v) is 4.06. The first-order chi connectivity index (χ1) is 5.10. The van der Waals surface area contributed by atoms with E-state index < -0.39 is 5.92 Å². The highest BCUT2D eigenvalue weighted by Crippen LogP contribution is 2.35. The molecule has 0 amide bonds. The molecule has 0 aromatic heterocycles. The van der Waals surface area contributed by atoms with E-state index in [1.807, 2.05) is 6.92 Å². The van der Waals surface area contributed by atoms with Crippen molar-refractivity contribution in [3.8, 4) is 0 Å². The third-order valence-corrected chi connectivity index (χ3v) is 2.01. The fourth-order valence-corrected chi connectivity index (χ4v) is 1.18.